The third kappa shape index (κ3) is 4.36. The van der Waals surface area contributed by atoms with Crippen molar-refractivity contribution in [2.24, 2.45) is 0 Å². The zero-order valence-corrected chi connectivity index (χ0v) is 16.2. The average molecular weight is 405 g/mol. The smallest absolute Gasteiger partial charge is 0.250 e. The predicted molar refractivity (Wildman–Crippen MR) is 108 cm³/mol. The molecule has 1 aliphatic rings. The lowest BCUT2D eigenvalue weighted by molar-refractivity contribution is -0.118. The van der Waals surface area contributed by atoms with Crippen molar-refractivity contribution in [3.8, 4) is 17.5 Å². The van der Waals surface area contributed by atoms with Gasteiger partial charge in [0.2, 0.25) is 11.8 Å². The van der Waals surface area contributed by atoms with Gasteiger partial charge in [-0.15, -0.1) is 10.2 Å². The number of hydrogen-bond donors (Lipinski definition) is 1. The highest BCUT2D eigenvalue weighted by molar-refractivity contribution is 5.92. The molecule has 0 unspecified atom stereocenters. The second-order valence-electron chi connectivity index (χ2n) is 7.14. The van der Waals surface area contributed by atoms with Gasteiger partial charge in [-0.1, -0.05) is 18.6 Å². The molecule has 2 aromatic carbocycles. The second kappa shape index (κ2) is 8.84. The number of carbonyl (C=O) groups is 1. The third-order valence-corrected chi connectivity index (χ3v) is 5.09. The fraction of sp³-hybridized carbons (Fsp3) is 0.273. The van der Waals surface area contributed by atoms with Gasteiger partial charge >= 0.3 is 0 Å². The molecule has 0 bridgehead atoms. The molecule has 30 heavy (non-hydrogen) atoms. The van der Waals surface area contributed by atoms with Crippen LogP contribution in [0.4, 0.5) is 10.1 Å². The SMILES string of the molecule is N#Cc1ccc(NC(=O)CN2CCCC[C@@H]2c2nnc(-c3ccccc3F)o2)cc1. The van der Waals surface area contributed by atoms with Gasteiger partial charge in [0.15, 0.2) is 0 Å². The van der Waals surface area contributed by atoms with Crippen LogP contribution < -0.4 is 5.32 Å². The summed E-state index contributed by atoms with van der Waals surface area (Å²) in [5.74, 6) is -0.0646. The lowest BCUT2D eigenvalue weighted by Crippen LogP contribution is -2.39. The average Bonchev–Trinajstić information content (AvgIpc) is 3.25. The first-order valence-corrected chi connectivity index (χ1v) is 9.76. The molecule has 8 heteroatoms. The maximum absolute atomic E-state index is 14.0. The lowest BCUT2D eigenvalue weighted by Gasteiger charge is -2.32. The predicted octanol–water partition coefficient (Wildman–Crippen LogP) is 3.91. The highest BCUT2D eigenvalue weighted by Gasteiger charge is 2.30. The molecule has 4 rings (SSSR count). The first-order valence-electron chi connectivity index (χ1n) is 9.76. The van der Waals surface area contributed by atoms with Gasteiger partial charge < -0.3 is 9.73 Å². The van der Waals surface area contributed by atoms with Crippen molar-refractivity contribution in [3.63, 3.8) is 0 Å². The molecule has 0 spiro atoms. The van der Waals surface area contributed by atoms with Gasteiger partial charge in [-0.25, -0.2) is 4.39 Å². The molecule has 0 radical (unpaired) electrons. The molecule has 1 aromatic heterocycles. The van der Waals surface area contributed by atoms with Crippen LogP contribution in [-0.2, 0) is 4.79 Å². The van der Waals surface area contributed by atoms with E-state index in [1.807, 2.05) is 11.0 Å². The van der Waals surface area contributed by atoms with E-state index in [1.54, 1.807) is 42.5 Å². The second-order valence-corrected chi connectivity index (χ2v) is 7.14. The summed E-state index contributed by atoms with van der Waals surface area (Å²) in [5.41, 5.74) is 1.43. The van der Waals surface area contributed by atoms with Gasteiger partial charge in [0.25, 0.3) is 5.89 Å². The van der Waals surface area contributed by atoms with Gasteiger partial charge in [0.05, 0.1) is 29.8 Å². The number of aromatic nitrogens is 2. The molecule has 1 saturated heterocycles. The van der Waals surface area contributed by atoms with Crippen LogP contribution in [0.5, 0.6) is 0 Å². The van der Waals surface area contributed by atoms with Crippen molar-refractivity contribution in [1.29, 1.82) is 5.26 Å². The molecule has 0 saturated carbocycles. The number of piperidine rings is 1. The molecule has 0 aliphatic carbocycles. The third-order valence-electron chi connectivity index (χ3n) is 5.09. The minimum Gasteiger partial charge on any atom is -0.419 e. The first-order chi connectivity index (χ1) is 14.6. The molecule has 1 aliphatic heterocycles. The number of nitriles is 1. The standard InChI is InChI=1S/C22H20FN5O2/c23-18-6-2-1-5-17(18)21-26-27-22(30-21)19-7-3-4-12-28(19)14-20(29)25-16-10-8-15(13-24)9-11-16/h1-2,5-6,8-11,19H,3-4,7,12,14H2,(H,25,29)/t19-/m1/s1. The Bertz CT molecular complexity index is 1070. The molecule has 1 amide bonds. The van der Waals surface area contributed by atoms with Gasteiger partial charge in [0, 0.05) is 5.69 Å². The highest BCUT2D eigenvalue weighted by Crippen LogP contribution is 2.32. The minimum atomic E-state index is -0.421. The van der Waals surface area contributed by atoms with Crippen LogP contribution in [0.15, 0.2) is 52.9 Å². The summed E-state index contributed by atoms with van der Waals surface area (Å²) in [6, 6.07) is 14.8. The Morgan fingerprint density at radius 2 is 2.00 bits per heavy atom. The van der Waals surface area contributed by atoms with Crippen LogP contribution in [0, 0.1) is 17.1 Å². The summed E-state index contributed by atoms with van der Waals surface area (Å²) >= 11 is 0. The molecule has 3 aromatic rings. The fourth-order valence-corrected chi connectivity index (χ4v) is 3.59. The summed E-state index contributed by atoms with van der Waals surface area (Å²) in [6.45, 7) is 0.894. The normalized spacial score (nSPS) is 16.7. The van der Waals surface area contributed by atoms with E-state index in [0.717, 1.165) is 25.8 Å². The Labute approximate surface area is 173 Å². The van der Waals surface area contributed by atoms with E-state index in [1.165, 1.54) is 6.07 Å². The first kappa shape index (κ1) is 19.7. The Hall–Kier alpha value is -3.57. The Morgan fingerprint density at radius 3 is 2.77 bits per heavy atom. The van der Waals surface area contributed by atoms with Crippen LogP contribution in [0.1, 0.15) is 36.8 Å². The van der Waals surface area contributed by atoms with E-state index >= 15 is 0 Å². The summed E-state index contributed by atoms with van der Waals surface area (Å²) < 4.78 is 19.8. The molecule has 2 heterocycles. The maximum Gasteiger partial charge on any atom is 0.250 e. The number of carbonyl (C=O) groups excluding carboxylic acids is 1. The number of hydrogen-bond acceptors (Lipinski definition) is 6. The Morgan fingerprint density at radius 1 is 1.20 bits per heavy atom. The number of nitrogens with one attached hydrogen (secondary N) is 1. The number of halogens is 1. The summed E-state index contributed by atoms with van der Waals surface area (Å²) in [5, 5.41) is 19.9. The fourth-order valence-electron chi connectivity index (χ4n) is 3.59. The number of likely N-dealkylation sites (tertiary alicyclic amines) is 1. The van der Waals surface area contributed by atoms with E-state index in [9.17, 15) is 9.18 Å². The number of nitrogens with zero attached hydrogens (tertiary/aromatic N) is 4. The van der Waals surface area contributed by atoms with Crippen LogP contribution in [0.3, 0.4) is 0 Å². The number of amides is 1. The van der Waals surface area contributed by atoms with Gasteiger partial charge in [-0.05, 0) is 55.8 Å². The van der Waals surface area contributed by atoms with Crippen molar-refractivity contribution in [2.45, 2.75) is 25.3 Å². The van der Waals surface area contributed by atoms with Crippen molar-refractivity contribution < 1.29 is 13.6 Å². The quantitative estimate of drug-likeness (QED) is 0.691. The molecule has 1 atom stereocenters. The van der Waals surface area contributed by atoms with E-state index < -0.39 is 5.82 Å². The van der Waals surface area contributed by atoms with Crippen LogP contribution in [-0.4, -0.2) is 34.1 Å². The molecular formula is C22H20FN5O2. The van der Waals surface area contributed by atoms with E-state index in [4.69, 9.17) is 9.68 Å². The summed E-state index contributed by atoms with van der Waals surface area (Å²) in [6.07, 6.45) is 2.73. The molecule has 152 valence electrons. The van der Waals surface area contributed by atoms with Gasteiger partial charge in [-0.2, -0.15) is 5.26 Å². The van der Waals surface area contributed by atoms with Crippen molar-refractivity contribution in [2.75, 3.05) is 18.4 Å². The minimum absolute atomic E-state index is 0.135. The van der Waals surface area contributed by atoms with Crippen LogP contribution in [0.2, 0.25) is 0 Å². The number of anilines is 1. The summed E-state index contributed by atoms with van der Waals surface area (Å²) in [4.78, 5) is 14.6. The van der Waals surface area contributed by atoms with Gasteiger partial charge in [0.1, 0.15) is 5.82 Å². The van der Waals surface area contributed by atoms with E-state index in [-0.39, 0.29) is 29.9 Å². The maximum atomic E-state index is 14.0. The molecule has 7 nitrogen and oxygen atoms in total. The summed E-state index contributed by atoms with van der Waals surface area (Å²) in [7, 11) is 0. The zero-order chi connectivity index (χ0) is 20.9. The zero-order valence-electron chi connectivity index (χ0n) is 16.2. The topological polar surface area (TPSA) is 95.1 Å². The van der Waals surface area contributed by atoms with Crippen molar-refractivity contribution in [1.82, 2.24) is 15.1 Å². The highest BCUT2D eigenvalue weighted by atomic mass is 19.1. The number of rotatable bonds is 5. The molecule has 1 N–H and O–H groups in total. The number of benzene rings is 2. The monoisotopic (exact) mass is 405 g/mol. The lowest BCUT2D eigenvalue weighted by atomic mass is 10.0. The molecule has 1 fully saturated rings. The van der Waals surface area contributed by atoms with E-state index in [2.05, 4.69) is 15.5 Å². The Kier molecular flexibility index (Phi) is 5.82. The molecular weight excluding hydrogens is 385 g/mol. The largest absolute Gasteiger partial charge is 0.419 e. The van der Waals surface area contributed by atoms with E-state index in [0.29, 0.717) is 17.1 Å². The Balaban J connectivity index is 1.46. The van der Waals surface area contributed by atoms with Crippen LogP contribution in [0.25, 0.3) is 11.5 Å². The van der Waals surface area contributed by atoms with Crippen molar-refractivity contribution in [3.05, 3.63) is 65.8 Å². The van der Waals surface area contributed by atoms with Gasteiger partial charge in [-0.3, -0.25) is 9.69 Å². The van der Waals surface area contributed by atoms with Crippen LogP contribution >= 0.6 is 0 Å². The van der Waals surface area contributed by atoms with Crippen molar-refractivity contribution >= 4 is 11.6 Å².